The van der Waals surface area contributed by atoms with Gasteiger partial charge in [-0.15, -0.1) is 0 Å². The highest BCUT2D eigenvalue weighted by Gasteiger charge is 2.30. The van der Waals surface area contributed by atoms with Gasteiger partial charge in [-0.3, -0.25) is 37.3 Å². The molecule has 0 heterocycles. The molecule has 0 saturated heterocycles. The van der Waals surface area contributed by atoms with Gasteiger partial charge >= 0.3 is 39.5 Å². The summed E-state index contributed by atoms with van der Waals surface area (Å²) < 4.78 is 68.3. The number of carbonyl (C=O) groups is 4. The van der Waals surface area contributed by atoms with Crippen molar-refractivity contribution in [1.29, 1.82) is 0 Å². The number of hydrogen-bond donors (Lipinski definition) is 3. The maximum absolute atomic E-state index is 13.1. The van der Waals surface area contributed by atoms with Gasteiger partial charge in [0.1, 0.15) is 19.3 Å². The Bertz CT molecular complexity index is 2380. The lowest BCUT2D eigenvalue weighted by atomic mass is 10.1. The zero-order chi connectivity index (χ0) is 71.8. The maximum atomic E-state index is 13.1. The number of ether oxygens (including phenoxy) is 4. The van der Waals surface area contributed by atoms with Crippen molar-refractivity contribution in [2.75, 3.05) is 39.6 Å². The second-order valence-corrected chi connectivity index (χ2v) is 27.4. The summed E-state index contributed by atoms with van der Waals surface area (Å²) in [7, 11) is -9.97. The molecule has 0 aromatic heterocycles. The number of aliphatic hydroxyl groups is 1. The Morgan fingerprint density at radius 1 is 0.296 bits per heavy atom. The topological polar surface area (TPSA) is 237 Å². The standard InChI is InChI=1S/C79H132O17P2/c1-5-9-13-17-21-25-29-32-34-36-38-41-44-47-51-55-59-63-76(81)89-69-74(95-78(83)65-61-57-53-49-43-28-24-20-16-12-8-4)71-93-97(85,86)91-67-73(80)68-92-98(87,88)94-72-75(96-79(84)66-62-58-54-50-46-40-31-27-23-19-15-11-7-3)70-90-77(82)64-60-56-52-48-45-42-39-37-35-33-30-26-22-18-14-10-6-2/h9-10,13-15,19-22,24-27,31-35,38-39,41-42,73-75,80H,5-8,11-12,16-18,23,28-30,36-37,40,43-72H2,1-4H3,(H,85,86)(H,87,88)/b13-9-,14-10-,19-15-,24-20-,25-21-,26-22-,31-27-,34-32-,35-33-,41-38-,42-39-. The van der Waals surface area contributed by atoms with Crippen molar-refractivity contribution < 1.29 is 80.2 Å². The number of phosphoric ester groups is 2. The molecule has 560 valence electrons. The molecule has 0 aliphatic rings. The summed E-state index contributed by atoms with van der Waals surface area (Å²) >= 11 is 0. The van der Waals surface area contributed by atoms with Crippen LogP contribution >= 0.6 is 15.6 Å². The molecule has 3 N–H and O–H groups in total. The summed E-state index contributed by atoms with van der Waals surface area (Å²) in [5.74, 6) is -2.26. The molecule has 0 aliphatic heterocycles. The van der Waals surface area contributed by atoms with E-state index in [1.54, 1.807) is 0 Å². The third-order valence-electron chi connectivity index (χ3n) is 15.1. The zero-order valence-corrected chi connectivity index (χ0v) is 62.7. The highest BCUT2D eigenvalue weighted by atomic mass is 31.2. The van der Waals surface area contributed by atoms with Gasteiger partial charge in [0.15, 0.2) is 12.2 Å². The number of unbranched alkanes of at least 4 members (excludes halogenated alkanes) is 21. The van der Waals surface area contributed by atoms with Crippen molar-refractivity contribution in [1.82, 2.24) is 0 Å². The molecular weight excluding hydrogens is 1280 g/mol. The van der Waals surface area contributed by atoms with Crippen LogP contribution in [0.25, 0.3) is 0 Å². The molecule has 0 amide bonds. The van der Waals surface area contributed by atoms with Crippen molar-refractivity contribution in [2.45, 2.75) is 303 Å². The van der Waals surface area contributed by atoms with Crippen LogP contribution in [0.4, 0.5) is 0 Å². The van der Waals surface area contributed by atoms with E-state index in [0.717, 1.165) is 193 Å². The number of esters is 4. The van der Waals surface area contributed by atoms with E-state index in [2.05, 4.69) is 161 Å². The Labute approximate surface area is 593 Å². The van der Waals surface area contributed by atoms with Crippen LogP contribution in [0.2, 0.25) is 0 Å². The first-order valence-corrected chi connectivity index (χ1v) is 40.4. The van der Waals surface area contributed by atoms with Crippen LogP contribution in [-0.2, 0) is 65.4 Å². The highest BCUT2D eigenvalue weighted by Crippen LogP contribution is 2.45. The number of phosphoric acid groups is 2. The summed E-state index contributed by atoms with van der Waals surface area (Å²) in [5.41, 5.74) is 0. The molecule has 0 aliphatic carbocycles. The molecule has 0 fully saturated rings. The lowest BCUT2D eigenvalue weighted by molar-refractivity contribution is -0.161. The predicted molar refractivity (Wildman–Crippen MR) is 399 cm³/mol. The van der Waals surface area contributed by atoms with Gasteiger partial charge in [-0.1, -0.05) is 245 Å². The van der Waals surface area contributed by atoms with Crippen molar-refractivity contribution in [3.05, 3.63) is 134 Å². The smallest absolute Gasteiger partial charge is 0.462 e. The van der Waals surface area contributed by atoms with Crippen LogP contribution in [0.15, 0.2) is 134 Å². The zero-order valence-electron chi connectivity index (χ0n) is 60.9. The Morgan fingerprint density at radius 2 is 0.551 bits per heavy atom. The fraction of sp³-hybridized carbons (Fsp3) is 0.671. The summed E-state index contributed by atoms with van der Waals surface area (Å²) in [6.45, 7) is 4.44. The van der Waals surface area contributed by atoms with Gasteiger partial charge in [-0.05, 0) is 148 Å². The van der Waals surface area contributed by atoms with E-state index in [1.807, 2.05) is 0 Å². The molecule has 0 aromatic carbocycles. The number of hydrogen-bond acceptors (Lipinski definition) is 15. The number of allylic oxidation sites excluding steroid dienone is 22. The monoisotopic (exact) mass is 1410 g/mol. The summed E-state index contributed by atoms with van der Waals surface area (Å²) in [4.78, 5) is 72.8. The van der Waals surface area contributed by atoms with E-state index < -0.39 is 97.5 Å². The van der Waals surface area contributed by atoms with E-state index >= 15 is 0 Å². The lowest BCUT2D eigenvalue weighted by Crippen LogP contribution is -2.30. The number of rotatable bonds is 69. The van der Waals surface area contributed by atoms with Crippen LogP contribution in [0, 0.1) is 0 Å². The molecule has 0 bridgehead atoms. The molecule has 0 saturated carbocycles. The van der Waals surface area contributed by atoms with Gasteiger partial charge in [0.25, 0.3) is 0 Å². The van der Waals surface area contributed by atoms with Gasteiger partial charge in [-0.25, -0.2) is 9.13 Å². The molecule has 0 rings (SSSR count). The largest absolute Gasteiger partial charge is 0.472 e. The van der Waals surface area contributed by atoms with E-state index in [0.29, 0.717) is 25.7 Å². The molecule has 5 atom stereocenters. The van der Waals surface area contributed by atoms with Crippen molar-refractivity contribution in [2.24, 2.45) is 0 Å². The second kappa shape index (κ2) is 70.6. The van der Waals surface area contributed by atoms with Crippen LogP contribution < -0.4 is 0 Å². The minimum absolute atomic E-state index is 0.0693. The Hall–Kier alpha value is -4.80. The summed E-state index contributed by atoms with van der Waals surface area (Å²) in [5, 5.41) is 10.6. The fourth-order valence-electron chi connectivity index (χ4n) is 9.40. The van der Waals surface area contributed by atoms with Gasteiger partial charge in [-0.2, -0.15) is 0 Å². The SMILES string of the molecule is CC/C=C\C/C=C\C/C=C\C/C=C\CCCCCCC(=O)OCC(COP(=O)(O)OCC(O)COP(=O)(O)OCC(COC(=O)CCCCCC/C=C\C/C=C\C/C=C\C/C=C\CC)OC(=O)CCCCCCC/C=C\CCCC)OC(=O)CCCCCCC/C=C\C/C=C\CCC. The maximum Gasteiger partial charge on any atom is 0.472 e. The summed E-state index contributed by atoms with van der Waals surface area (Å²) in [6, 6.07) is 0. The van der Waals surface area contributed by atoms with E-state index in [-0.39, 0.29) is 25.7 Å². The van der Waals surface area contributed by atoms with Gasteiger partial charge in [0.2, 0.25) is 0 Å². The fourth-order valence-corrected chi connectivity index (χ4v) is 11.0. The molecule has 98 heavy (non-hydrogen) atoms. The van der Waals surface area contributed by atoms with Gasteiger partial charge in [0.05, 0.1) is 26.4 Å². The van der Waals surface area contributed by atoms with Crippen LogP contribution in [0.1, 0.15) is 285 Å². The molecule has 17 nitrogen and oxygen atoms in total. The van der Waals surface area contributed by atoms with Crippen molar-refractivity contribution in [3.63, 3.8) is 0 Å². The molecular formula is C79H132O17P2. The Balaban J connectivity index is 5.37. The van der Waals surface area contributed by atoms with E-state index in [4.69, 9.17) is 37.0 Å². The average molecular weight is 1420 g/mol. The molecule has 5 unspecified atom stereocenters. The second-order valence-electron chi connectivity index (χ2n) is 24.5. The van der Waals surface area contributed by atoms with E-state index in [9.17, 15) is 43.2 Å². The van der Waals surface area contributed by atoms with Crippen LogP contribution in [-0.4, -0.2) is 96.7 Å². The lowest BCUT2D eigenvalue weighted by Gasteiger charge is -2.21. The summed E-state index contributed by atoms with van der Waals surface area (Å²) in [6.07, 6.45) is 77.4. The molecule has 0 radical (unpaired) electrons. The first kappa shape index (κ1) is 93.2. The average Bonchev–Trinajstić information content (AvgIpc) is 0.973. The van der Waals surface area contributed by atoms with Crippen LogP contribution in [0.5, 0.6) is 0 Å². The first-order chi connectivity index (χ1) is 47.7. The van der Waals surface area contributed by atoms with Crippen molar-refractivity contribution >= 4 is 39.5 Å². The van der Waals surface area contributed by atoms with Gasteiger partial charge in [0, 0.05) is 25.7 Å². The van der Waals surface area contributed by atoms with Crippen molar-refractivity contribution in [3.8, 4) is 0 Å². The van der Waals surface area contributed by atoms with Crippen LogP contribution in [0.3, 0.4) is 0 Å². The number of carbonyl (C=O) groups excluding carboxylic acids is 4. The predicted octanol–water partition coefficient (Wildman–Crippen LogP) is 21.3. The Kier molecular flexibility index (Phi) is 67.2. The molecule has 0 aromatic rings. The number of aliphatic hydroxyl groups excluding tert-OH is 1. The van der Waals surface area contributed by atoms with E-state index in [1.165, 1.54) is 12.8 Å². The minimum Gasteiger partial charge on any atom is -0.462 e. The third kappa shape index (κ3) is 69.7. The highest BCUT2D eigenvalue weighted by molar-refractivity contribution is 7.47. The first-order valence-electron chi connectivity index (χ1n) is 37.4. The minimum atomic E-state index is -4.99. The Morgan fingerprint density at radius 3 is 0.867 bits per heavy atom. The normalized spacial score (nSPS) is 14.7. The third-order valence-corrected chi connectivity index (χ3v) is 17.0. The molecule has 0 spiro atoms. The quantitative estimate of drug-likeness (QED) is 0.0169. The molecule has 19 heteroatoms. The van der Waals surface area contributed by atoms with Gasteiger partial charge < -0.3 is 33.8 Å².